The number of hydrogen-bond acceptors (Lipinski definition) is 2. The van der Waals surface area contributed by atoms with Gasteiger partial charge >= 0.3 is 0 Å². The Morgan fingerprint density at radius 1 is 1.29 bits per heavy atom. The maximum atomic E-state index is 5.72. The maximum absolute atomic E-state index is 5.72. The van der Waals surface area contributed by atoms with Crippen molar-refractivity contribution >= 4 is 0 Å². The lowest BCUT2D eigenvalue weighted by Gasteiger charge is -2.19. The van der Waals surface area contributed by atoms with Crippen molar-refractivity contribution in [2.24, 2.45) is 5.73 Å². The van der Waals surface area contributed by atoms with Gasteiger partial charge in [0.25, 0.3) is 0 Å². The first-order valence-electron chi connectivity index (χ1n) is 7.00. The Labute approximate surface area is 104 Å². The normalized spacial score (nSPS) is 18.6. The minimum Gasteiger partial charge on any atom is -0.325 e. The maximum Gasteiger partial charge on any atom is 0.0763 e. The van der Waals surface area contributed by atoms with Crippen LogP contribution in [0.15, 0.2) is 6.07 Å². The van der Waals surface area contributed by atoms with Gasteiger partial charge in [-0.25, -0.2) is 0 Å². The van der Waals surface area contributed by atoms with E-state index in [9.17, 15) is 0 Å². The first-order chi connectivity index (χ1) is 8.22. The molecule has 0 radical (unpaired) electrons. The van der Waals surface area contributed by atoms with Crippen LogP contribution >= 0.6 is 0 Å². The summed E-state index contributed by atoms with van der Waals surface area (Å²) in [6.45, 7) is 5.04. The third kappa shape index (κ3) is 2.89. The molecular formula is C14H25N3. The lowest BCUT2D eigenvalue weighted by Crippen LogP contribution is -2.14. The van der Waals surface area contributed by atoms with E-state index in [1.165, 1.54) is 44.2 Å². The molecule has 0 unspecified atom stereocenters. The Balaban J connectivity index is 2.25. The molecule has 2 rings (SSSR count). The summed E-state index contributed by atoms with van der Waals surface area (Å²) in [5, 5.41) is 4.71. The topological polar surface area (TPSA) is 43.8 Å². The molecular weight excluding hydrogens is 210 g/mol. The van der Waals surface area contributed by atoms with Gasteiger partial charge in [0.1, 0.15) is 0 Å². The highest BCUT2D eigenvalue weighted by atomic mass is 15.3. The van der Waals surface area contributed by atoms with Gasteiger partial charge in [-0.3, -0.25) is 4.68 Å². The van der Waals surface area contributed by atoms with E-state index in [0.717, 1.165) is 5.69 Å². The van der Waals surface area contributed by atoms with Crippen LogP contribution in [0.4, 0.5) is 0 Å². The number of rotatable bonds is 3. The second-order valence-corrected chi connectivity index (χ2v) is 5.51. The summed E-state index contributed by atoms with van der Waals surface area (Å²) < 4.78 is 2.28. The van der Waals surface area contributed by atoms with Crippen molar-refractivity contribution in [1.82, 2.24) is 9.78 Å². The van der Waals surface area contributed by atoms with E-state index in [1.807, 2.05) is 0 Å². The van der Waals surface area contributed by atoms with Gasteiger partial charge in [-0.2, -0.15) is 5.10 Å². The molecule has 0 amide bonds. The summed E-state index contributed by atoms with van der Waals surface area (Å²) in [6.07, 6.45) is 8.04. The van der Waals surface area contributed by atoms with Gasteiger partial charge in [0, 0.05) is 12.2 Å². The van der Waals surface area contributed by atoms with Crippen molar-refractivity contribution in [3.8, 4) is 0 Å². The van der Waals surface area contributed by atoms with E-state index in [2.05, 4.69) is 24.6 Å². The van der Waals surface area contributed by atoms with Crippen LogP contribution in [-0.4, -0.2) is 9.78 Å². The molecule has 0 bridgehead atoms. The molecule has 0 aromatic carbocycles. The van der Waals surface area contributed by atoms with Crippen LogP contribution in [0.25, 0.3) is 0 Å². The van der Waals surface area contributed by atoms with Crippen molar-refractivity contribution in [2.75, 3.05) is 0 Å². The fourth-order valence-electron chi connectivity index (χ4n) is 2.79. The monoisotopic (exact) mass is 235 g/mol. The van der Waals surface area contributed by atoms with Crippen molar-refractivity contribution in [2.45, 2.75) is 70.9 Å². The Bertz CT molecular complexity index is 346. The average molecular weight is 235 g/mol. The van der Waals surface area contributed by atoms with Crippen LogP contribution in [-0.2, 0) is 6.54 Å². The predicted molar refractivity (Wildman–Crippen MR) is 70.9 cm³/mol. The first kappa shape index (κ1) is 12.6. The predicted octanol–water partition coefficient (Wildman–Crippen LogP) is 3.36. The summed E-state index contributed by atoms with van der Waals surface area (Å²) in [4.78, 5) is 0. The Morgan fingerprint density at radius 3 is 2.47 bits per heavy atom. The lowest BCUT2D eigenvalue weighted by molar-refractivity contribution is 0.386. The van der Waals surface area contributed by atoms with Gasteiger partial charge in [-0.05, 0) is 24.8 Å². The Hall–Kier alpha value is -0.830. The van der Waals surface area contributed by atoms with E-state index >= 15 is 0 Å². The van der Waals surface area contributed by atoms with Crippen LogP contribution in [0.3, 0.4) is 0 Å². The molecule has 0 saturated heterocycles. The zero-order valence-corrected chi connectivity index (χ0v) is 11.2. The highest BCUT2D eigenvalue weighted by Gasteiger charge is 2.19. The van der Waals surface area contributed by atoms with Crippen molar-refractivity contribution in [1.29, 1.82) is 0 Å². The Kier molecular flexibility index (Phi) is 4.21. The number of aromatic nitrogens is 2. The number of nitrogens with zero attached hydrogens (tertiary/aromatic N) is 2. The quantitative estimate of drug-likeness (QED) is 0.816. The summed E-state index contributed by atoms with van der Waals surface area (Å²) in [7, 11) is 0. The molecule has 17 heavy (non-hydrogen) atoms. The second-order valence-electron chi connectivity index (χ2n) is 5.51. The fourth-order valence-corrected chi connectivity index (χ4v) is 2.79. The van der Waals surface area contributed by atoms with Crippen LogP contribution in [0.1, 0.15) is 75.7 Å². The third-order valence-corrected chi connectivity index (χ3v) is 3.79. The van der Waals surface area contributed by atoms with E-state index in [1.54, 1.807) is 0 Å². The fraction of sp³-hybridized carbons (Fsp3) is 0.786. The molecule has 1 aromatic heterocycles. The van der Waals surface area contributed by atoms with Crippen molar-refractivity contribution in [3.05, 3.63) is 17.5 Å². The molecule has 96 valence electrons. The molecule has 0 aliphatic heterocycles. The first-order valence-corrected chi connectivity index (χ1v) is 7.00. The van der Waals surface area contributed by atoms with E-state index in [-0.39, 0.29) is 0 Å². The van der Waals surface area contributed by atoms with Crippen LogP contribution in [0.2, 0.25) is 0 Å². The van der Waals surface area contributed by atoms with Gasteiger partial charge < -0.3 is 5.73 Å². The van der Waals surface area contributed by atoms with Gasteiger partial charge in [-0.15, -0.1) is 0 Å². The molecule has 1 heterocycles. The van der Waals surface area contributed by atoms with Gasteiger partial charge in [0.05, 0.1) is 11.7 Å². The zero-order valence-electron chi connectivity index (χ0n) is 11.2. The van der Waals surface area contributed by atoms with Crippen LogP contribution in [0.5, 0.6) is 0 Å². The summed E-state index contributed by atoms with van der Waals surface area (Å²) in [5.41, 5.74) is 8.12. The molecule has 1 saturated carbocycles. The molecule has 3 nitrogen and oxygen atoms in total. The van der Waals surface area contributed by atoms with Gasteiger partial charge in [0.2, 0.25) is 0 Å². The standard InChI is InChI=1S/C14H25N3/c1-11(2)14-9-12(10-15)16-17(14)13-7-5-3-4-6-8-13/h9,11,13H,3-8,10,15H2,1-2H3. The molecule has 0 atom stereocenters. The van der Waals surface area contributed by atoms with Crippen LogP contribution in [0, 0.1) is 0 Å². The molecule has 2 N–H and O–H groups in total. The zero-order chi connectivity index (χ0) is 12.3. The molecule has 0 spiro atoms. The lowest BCUT2D eigenvalue weighted by atomic mass is 10.1. The molecule has 1 aromatic rings. The highest BCUT2D eigenvalue weighted by molar-refractivity contribution is 5.14. The number of hydrogen-bond donors (Lipinski definition) is 1. The summed E-state index contributed by atoms with van der Waals surface area (Å²) >= 11 is 0. The van der Waals surface area contributed by atoms with E-state index in [4.69, 9.17) is 10.8 Å². The minimum absolute atomic E-state index is 0.533. The van der Waals surface area contributed by atoms with Gasteiger partial charge in [0.15, 0.2) is 0 Å². The largest absolute Gasteiger partial charge is 0.325 e. The molecule has 3 heteroatoms. The van der Waals surface area contributed by atoms with Crippen LogP contribution < -0.4 is 5.73 Å². The summed E-state index contributed by atoms with van der Waals surface area (Å²) in [6, 6.07) is 2.80. The van der Waals surface area contributed by atoms with E-state index in [0.29, 0.717) is 18.5 Å². The average Bonchev–Trinajstić information content (AvgIpc) is 2.57. The third-order valence-electron chi connectivity index (χ3n) is 3.79. The second kappa shape index (κ2) is 5.67. The molecule has 1 aliphatic carbocycles. The van der Waals surface area contributed by atoms with Crippen molar-refractivity contribution < 1.29 is 0 Å². The Morgan fingerprint density at radius 2 is 1.94 bits per heavy atom. The molecule has 1 fully saturated rings. The SMILES string of the molecule is CC(C)c1cc(CN)nn1C1CCCCCC1. The molecule has 1 aliphatic rings. The van der Waals surface area contributed by atoms with Gasteiger partial charge in [-0.1, -0.05) is 39.5 Å². The number of nitrogens with two attached hydrogens (primary N) is 1. The van der Waals surface area contributed by atoms with Crippen molar-refractivity contribution in [3.63, 3.8) is 0 Å². The smallest absolute Gasteiger partial charge is 0.0763 e. The highest BCUT2D eigenvalue weighted by Crippen LogP contribution is 2.30. The minimum atomic E-state index is 0.533. The van der Waals surface area contributed by atoms with E-state index < -0.39 is 0 Å². The summed E-state index contributed by atoms with van der Waals surface area (Å²) in [5.74, 6) is 0.533.